The molecular weight excluding hydrogens is 308 g/mol. The summed E-state index contributed by atoms with van der Waals surface area (Å²) in [5, 5.41) is 0. The van der Waals surface area contributed by atoms with Gasteiger partial charge in [0.2, 0.25) is 0 Å². The maximum atomic E-state index is 11.5. The fourth-order valence-electron chi connectivity index (χ4n) is 2.73. The normalized spacial score (nSPS) is 16.8. The van der Waals surface area contributed by atoms with Crippen molar-refractivity contribution in [2.45, 2.75) is 12.8 Å². The Labute approximate surface area is 139 Å². The topological polar surface area (TPSA) is 74.8 Å². The highest BCUT2D eigenvalue weighted by Crippen LogP contribution is 2.12. The van der Waals surface area contributed by atoms with E-state index in [1.54, 1.807) is 0 Å². The lowest BCUT2D eigenvalue weighted by Crippen LogP contribution is -2.32. The summed E-state index contributed by atoms with van der Waals surface area (Å²) in [5.41, 5.74) is 1.99. The van der Waals surface area contributed by atoms with Gasteiger partial charge in [-0.2, -0.15) is 0 Å². The van der Waals surface area contributed by atoms with Crippen molar-refractivity contribution in [3.8, 4) is 0 Å². The zero-order valence-corrected chi connectivity index (χ0v) is 13.0. The van der Waals surface area contributed by atoms with Crippen molar-refractivity contribution in [2.75, 3.05) is 13.1 Å². The Bertz CT molecular complexity index is 682. The van der Waals surface area contributed by atoms with E-state index in [2.05, 4.69) is 0 Å². The van der Waals surface area contributed by atoms with Crippen LogP contribution in [0.2, 0.25) is 0 Å². The molecule has 0 atom stereocenters. The number of carbonyl (C=O) groups is 4. The summed E-state index contributed by atoms with van der Waals surface area (Å²) in [4.78, 5) is 48.5. The number of imide groups is 2. The molecule has 6 heteroatoms. The van der Waals surface area contributed by atoms with Crippen LogP contribution in [0.15, 0.2) is 48.6 Å². The summed E-state index contributed by atoms with van der Waals surface area (Å²) in [5.74, 6) is -1.13. The average molecular weight is 324 g/mol. The summed E-state index contributed by atoms with van der Waals surface area (Å²) in [7, 11) is 0. The van der Waals surface area contributed by atoms with Crippen LogP contribution in [0, 0.1) is 0 Å². The second-order valence-electron chi connectivity index (χ2n) is 5.64. The molecule has 0 saturated heterocycles. The number of benzene rings is 1. The van der Waals surface area contributed by atoms with Gasteiger partial charge in [0.15, 0.2) is 0 Å². The van der Waals surface area contributed by atoms with Gasteiger partial charge in [-0.3, -0.25) is 29.0 Å². The Morgan fingerprint density at radius 1 is 0.625 bits per heavy atom. The van der Waals surface area contributed by atoms with Gasteiger partial charge in [-0.15, -0.1) is 0 Å². The first kappa shape index (κ1) is 15.9. The maximum Gasteiger partial charge on any atom is 0.253 e. The molecule has 2 aliphatic rings. The van der Waals surface area contributed by atoms with Crippen molar-refractivity contribution in [3.05, 3.63) is 59.7 Å². The van der Waals surface area contributed by atoms with Crippen molar-refractivity contribution in [2.24, 2.45) is 0 Å². The third kappa shape index (κ3) is 3.32. The summed E-state index contributed by atoms with van der Waals surface area (Å²) < 4.78 is 0. The summed E-state index contributed by atoms with van der Waals surface area (Å²) in [6.45, 7) is 0.669. The van der Waals surface area contributed by atoms with Gasteiger partial charge in [-0.05, 0) is 24.0 Å². The van der Waals surface area contributed by atoms with Gasteiger partial charge in [0.25, 0.3) is 23.6 Å². The first-order valence-corrected chi connectivity index (χ1v) is 7.69. The van der Waals surface area contributed by atoms with E-state index in [1.165, 1.54) is 34.1 Å². The lowest BCUT2D eigenvalue weighted by atomic mass is 10.1. The molecule has 0 unspecified atom stereocenters. The van der Waals surface area contributed by atoms with E-state index in [0.29, 0.717) is 25.9 Å². The summed E-state index contributed by atoms with van der Waals surface area (Å²) >= 11 is 0. The zero-order valence-electron chi connectivity index (χ0n) is 13.0. The minimum Gasteiger partial charge on any atom is -0.275 e. The smallest absolute Gasteiger partial charge is 0.253 e. The van der Waals surface area contributed by atoms with Crippen LogP contribution in [0.4, 0.5) is 0 Å². The van der Waals surface area contributed by atoms with Crippen molar-refractivity contribution in [1.29, 1.82) is 0 Å². The number of nitrogens with zero attached hydrogens (tertiary/aromatic N) is 2. The lowest BCUT2D eigenvalue weighted by Gasteiger charge is -2.15. The Morgan fingerprint density at radius 3 is 1.38 bits per heavy atom. The highest BCUT2D eigenvalue weighted by Gasteiger charge is 2.23. The van der Waals surface area contributed by atoms with E-state index in [1.807, 2.05) is 24.3 Å². The van der Waals surface area contributed by atoms with Crippen molar-refractivity contribution in [3.63, 3.8) is 0 Å². The SMILES string of the molecule is O=C1C=CC(=O)N1CCc1cccc(CCN2C(=O)C=CC2=O)c1. The van der Waals surface area contributed by atoms with Crippen LogP contribution in [-0.2, 0) is 32.0 Å². The molecule has 0 aliphatic carbocycles. The quantitative estimate of drug-likeness (QED) is 0.719. The molecule has 0 saturated carbocycles. The van der Waals surface area contributed by atoms with Gasteiger partial charge in [0.05, 0.1) is 0 Å². The van der Waals surface area contributed by atoms with Crippen LogP contribution in [0.25, 0.3) is 0 Å². The largest absolute Gasteiger partial charge is 0.275 e. The number of hydrogen-bond acceptors (Lipinski definition) is 4. The Morgan fingerprint density at radius 2 is 1.00 bits per heavy atom. The molecule has 122 valence electrons. The van der Waals surface area contributed by atoms with Crippen molar-refractivity contribution >= 4 is 23.6 Å². The molecule has 0 fully saturated rings. The maximum absolute atomic E-state index is 11.5. The fraction of sp³-hybridized carbons (Fsp3) is 0.222. The molecule has 0 radical (unpaired) electrons. The second-order valence-corrected chi connectivity index (χ2v) is 5.64. The second kappa shape index (κ2) is 6.62. The summed E-state index contributed by atoms with van der Waals surface area (Å²) in [6, 6.07) is 7.71. The minimum atomic E-state index is -0.283. The molecule has 2 heterocycles. The zero-order chi connectivity index (χ0) is 17.1. The predicted molar refractivity (Wildman–Crippen MR) is 85.6 cm³/mol. The molecule has 4 amide bonds. The van der Waals surface area contributed by atoms with Gasteiger partial charge in [0, 0.05) is 37.4 Å². The van der Waals surface area contributed by atoms with E-state index in [9.17, 15) is 19.2 Å². The molecule has 0 aromatic heterocycles. The molecule has 0 bridgehead atoms. The average Bonchev–Trinajstić information content (AvgIpc) is 3.06. The van der Waals surface area contributed by atoms with E-state index >= 15 is 0 Å². The fourth-order valence-corrected chi connectivity index (χ4v) is 2.73. The molecular formula is C18H16N2O4. The van der Waals surface area contributed by atoms with Crippen molar-refractivity contribution < 1.29 is 19.2 Å². The molecule has 3 rings (SSSR count). The third-order valence-electron chi connectivity index (χ3n) is 4.04. The van der Waals surface area contributed by atoms with Gasteiger partial charge in [0.1, 0.15) is 0 Å². The van der Waals surface area contributed by atoms with Gasteiger partial charge < -0.3 is 0 Å². The van der Waals surface area contributed by atoms with Gasteiger partial charge >= 0.3 is 0 Å². The predicted octanol–water partition coefficient (Wildman–Crippen LogP) is 0.622. The van der Waals surface area contributed by atoms with Crippen molar-refractivity contribution in [1.82, 2.24) is 9.80 Å². The highest BCUT2D eigenvalue weighted by molar-refractivity contribution is 6.13. The molecule has 0 spiro atoms. The van der Waals surface area contributed by atoms with E-state index in [4.69, 9.17) is 0 Å². The Kier molecular flexibility index (Phi) is 4.37. The minimum absolute atomic E-state index is 0.283. The van der Waals surface area contributed by atoms with E-state index in [-0.39, 0.29) is 23.6 Å². The monoisotopic (exact) mass is 324 g/mol. The van der Waals surface area contributed by atoms with Gasteiger partial charge in [-0.1, -0.05) is 24.3 Å². The molecule has 0 N–H and O–H groups in total. The standard InChI is InChI=1S/C18H16N2O4/c21-15-4-5-16(22)19(15)10-8-13-2-1-3-14(12-13)9-11-20-17(23)6-7-18(20)24/h1-7,12H,8-11H2. The first-order valence-electron chi connectivity index (χ1n) is 7.69. The molecule has 1 aromatic carbocycles. The summed E-state index contributed by atoms with van der Waals surface area (Å²) in [6.07, 6.45) is 6.23. The number of rotatable bonds is 6. The van der Waals surface area contributed by atoms with Crippen LogP contribution in [0.5, 0.6) is 0 Å². The molecule has 24 heavy (non-hydrogen) atoms. The third-order valence-corrected chi connectivity index (χ3v) is 4.04. The van der Waals surface area contributed by atoms with Crippen LogP contribution in [0.3, 0.4) is 0 Å². The van der Waals surface area contributed by atoms with Crippen LogP contribution >= 0.6 is 0 Å². The number of carbonyl (C=O) groups excluding carboxylic acids is 4. The van der Waals surface area contributed by atoms with E-state index < -0.39 is 0 Å². The molecule has 2 aliphatic heterocycles. The Hall–Kier alpha value is -3.02. The molecule has 1 aromatic rings. The highest BCUT2D eigenvalue weighted by atomic mass is 16.2. The number of hydrogen-bond donors (Lipinski definition) is 0. The van der Waals surface area contributed by atoms with Crippen LogP contribution in [0.1, 0.15) is 11.1 Å². The van der Waals surface area contributed by atoms with Crippen LogP contribution in [-0.4, -0.2) is 46.5 Å². The lowest BCUT2D eigenvalue weighted by molar-refractivity contribution is -0.138. The Balaban J connectivity index is 1.56. The van der Waals surface area contributed by atoms with Gasteiger partial charge in [-0.25, -0.2) is 0 Å². The van der Waals surface area contributed by atoms with Crippen LogP contribution < -0.4 is 0 Å². The number of amides is 4. The molecule has 6 nitrogen and oxygen atoms in total. The first-order chi connectivity index (χ1) is 11.5. The van der Waals surface area contributed by atoms with E-state index in [0.717, 1.165) is 11.1 Å².